The van der Waals surface area contributed by atoms with Crippen LogP contribution >= 0.6 is 0 Å². The first-order valence-corrected chi connectivity index (χ1v) is 1.99. The highest BCUT2D eigenvalue weighted by Crippen LogP contribution is 1.84. The molecule has 0 aliphatic heterocycles. The molecule has 0 aromatic rings. The van der Waals surface area contributed by atoms with E-state index in [4.69, 9.17) is 0 Å². The van der Waals surface area contributed by atoms with Crippen molar-refractivity contribution in [2.75, 3.05) is 0 Å². The fourth-order valence-corrected chi connectivity index (χ4v) is 0.189. The molecule has 0 saturated carbocycles. The standard InChI is InChI=1S/C4H6O4/c1-4(7-2-5)8-3-6/h2-4H,1H3. The Morgan fingerprint density at radius 3 is 1.88 bits per heavy atom. The summed E-state index contributed by atoms with van der Waals surface area (Å²) in [7, 11) is 0. The molecule has 0 aliphatic rings. The Kier molecular flexibility index (Phi) is 3.56. The molecule has 0 aliphatic carbocycles. The van der Waals surface area contributed by atoms with Gasteiger partial charge in [-0.05, 0) is 0 Å². The Morgan fingerprint density at radius 2 is 1.62 bits per heavy atom. The molecule has 0 unspecified atom stereocenters. The molecular weight excluding hydrogens is 112 g/mol. The molecule has 0 rings (SSSR count). The second kappa shape index (κ2) is 4.11. The molecule has 0 bridgehead atoms. The van der Waals surface area contributed by atoms with Gasteiger partial charge in [-0.1, -0.05) is 0 Å². The highest BCUT2D eigenvalue weighted by Gasteiger charge is 1.95. The van der Waals surface area contributed by atoms with E-state index in [1.54, 1.807) is 0 Å². The predicted octanol–water partition coefficient (Wildman–Crippen LogP) is -0.322. The average molecular weight is 118 g/mol. The topological polar surface area (TPSA) is 52.6 Å². The fourth-order valence-electron chi connectivity index (χ4n) is 0.189. The van der Waals surface area contributed by atoms with Gasteiger partial charge in [-0.2, -0.15) is 0 Å². The third kappa shape index (κ3) is 3.14. The first-order valence-electron chi connectivity index (χ1n) is 1.99. The highest BCUT2D eigenvalue weighted by atomic mass is 16.7. The molecule has 4 heteroatoms. The summed E-state index contributed by atoms with van der Waals surface area (Å²) in [5, 5.41) is 0. The van der Waals surface area contributed by atoms with Crippen molar-refractivity contribution in [3.8, 4) is 0 Å². The normalized spacial score (nSPS) is 8.25. The maximum absolute atomic E-state index is 9.47. The largest absolute Gasteiger partial charge is 0.428 e. The minimum Gasteiger partial charge on any atom is -0.428 e. The Hall–Kier alpha value is -1.06. The summed E-state index contributed by atoms with van der Waals surface area (Å²) in [4.78, 5) is 18.9. The third-order valence-corrected chi connectivity index (χ3v) is 0.494. The summed E-state index contributed by atoms with van der Waals surface area (Å²) in [5.74, 6) is 0. The Labute approximate surface area is 46.4 Å². The molecule has 0 N–H and O–H groups in total. The lowest BCUT2D eigenvalue weighted by molar-refractivity contribution is -0.165. The summed E-state index contributed by atoms with van der Waals surface area (Å²) >= 11 is 0. The molecule has 0 radical (unpaired) electrons. The van der Waals surface area contributed by atoms with Crippen LogP contribution in [0.1, 0.15) is 6.92 Å². The van der Waals surface area contributed by atoms with Gasteiger partial charge in [-0.25, -0.2) is 0 Å². The van der Waals surface area contributed by atoms with Crippen molar-refractivity contribution >= 4 is 12.9 Å². The maximum Gasteiger partial charge on any atom is 0.296 e. The van der Waals surface area contributed by atoms with Gasteiger partial charge in [0.05, 0.1) is 0 Å². The highest BCUT2D eigenvalue weighted by molar-refractivity contribution is 5.39. The zero-order valence-corrected chi connectivity index (χ0v) is 4.37. The first-order chi connectivity index (χ1) is 3.81. The minimum atomic E-state index is -0.773. The number of rotatable bonds is 4. The molecular formula is C4H6O4. The first kappa shape index (κ1) is 6.94. The van der Waals surface area contributed by atoms with E-state index in [9.17, 15) is 9.59 Å². The molecule has 0 atom stereocenters. The van der Waals surface area contributed by atoms with Crippen LogP contribution in [-0.2, 0) is 19.1 Å². The molecule has 46 valence electrons. The van der Waals surface area contributed by atoms with Crippen LogP contribution in [-0.4, -0.2) is 19.2 Å². The summed E-state index contributed by atoms with van der Waals surface area (Å²) < 4.78 is 8.30. The van der Waals surface area contributed by atoms with Gasteiger partial charge in [0.2, 0.25) is 6.29 Å². The summed E-state index contributed by atoms with van der Waals surface area (Å²) in [6.45, 7) is 1.87. The van der Waals surface area contributed by atoms with E-state index in [1.165, 1.54) is 6.92 Å². The van der Waals surface area contributed by atoms with Gasteiger partial charge in [0.15, 0.2) is 0 Å². The number of hydrogen-bond acceptors (Lipinski definition) is 4. The van der Waals surface area contributed by atoms with Gasteiger partial charge >= 0.3 is 0 Å². The average Bonchev–Trinajstić information content (AvgIpc) is 1.68. The van der Waals surface area contributed by atoms with Gasteiger partial charge in [-0.15, -0.1) is 0 Å². The van der Waals surface area contributed by atoms with Gasteiger partial charge in [0.25, 0.3) is 12.9 Å². The van der Waals surface area contributed by atoms with E-state index in [1.807, 2.05) is 0 Å². The molecule has 8 heavy (non-hydrogen) atoms. The molecule has 0 aromatic carbocycles. The van der Waals surface area contributed by atoms with Gasteiger partial charge < -0.3 is 9.47 Å². The number of ether oxygens (including phenoxy) is 2. The smallest absolute Gasteiger partial charge is 0.296 e. The summed E-state index contributed by atoms with van der Waals surface area (Å²) in [6, 6.07) is 0. The van der Waals surface area contributed by atoms with E-state index in [-0.39, 0.29) is 12.9 Å². The zero-order valence-electron chi connectivity index (χ0n) is 4.37. The van der Waals surface area contributed by atoms with Crippen LogP contribution in [0, 0.1) is 0 Å². The number of hydrogen-bond donors (Lipinski definition) is 0. The predicted molar refractivity (Wildman–Crippen MR) is 23.8 cm³/mol. The van der Waals surface area contributed by atoms with Crippen molar-refractivity contribution in [3.05, 3.63) is 0 Å². The number of carbonyl (C=O) groups is 2. The minimum absolute atomic E-state index is 0.216. The second-order valence-corrected chi connectivity index (χ2v) is 1.03. The summed E-state index contributed by atoms with van der Waals surface area (Å²) in [6.07, 6.45) is -0.773. The van der Waals surface area contributed by atoms with E-state index < -0.39 is 6.29 Å². The van der Waals surface area contributed by atoms with Crippen LogP contribution in [0.15, 0.2) is 0 Å². The van der Waals surface area contributed by atoms with Crippen molar-refractivity contribution in [3.63, 3.8) is 0 Å². The molecule has 0 heterocycles. The lowest BCUT2D eigenvalue weighted by Gasteiger charge is -2.03. The van der Waals surface area contributed by atoms with Crippen molar-refractivity contribution in [1.82, 2.24) is 0 Å². The van der Waals surface area contributed by atoms with Crippen molar-refractivity contribution in [1.29, 1.82) is 0 Å². The van der Waals surface area contributed by atoms with Gasteiger partial charge in [0.1, 0.15) is 0 Å². The van der Waals surface area contributed by atoms with Crippen LogP contribution in [0.4, 0.5) is 0 Å². The fraction of sp³-hybridized carbons (Fsp3) is 0.500. The lowest BCUT2D eigenvalue weighted by atomic mass is 10.8. The van der Waals surface area contributed by atoms with E-state index in [2.05, 4.69) is 9.47 Å². The van der Waals surface area contributed by atoms with Crippen molar-refractivity contribution in [2.24, 2.45) is 0 Å². The quantitative estimate of drug-likeness (QED) is 0.375. The molecule has 0 fully saturated rings. The second-order valence-electron chi connectivity index (χ2n) is 1.03. The van der Waals surface area contributed by atoms with Gasteiger partial charge in [-0.3, -0.25) is 9.59 Å². The van der Waals surface area contributed by atoms with Gasteiger partial charge in [0, 0.05) is 6.92 Å². The van der Waals surface area contributed by atoms with E-state index in [0.717, 1.165) is 0 Å². The molecule has 0 spiro atoms. The zero-order chi connectivity index (χ0) is 6.41. The monoisotopic (exact) mass is 118 g/mol. The van der Waals surface area contributed by atoms with Crippen LogP contribution in [0.3, 0.4) is 0 Å². The van der Waals surface area contributed by atoms with Crippen LogP contribution in [0.25, 0.3) is 0 Å². The van der Waals surface area contributed by atoms with Crippen molar-refractivity contribution < 1.29 is 19.1 Å². The Balaban J connectivity index is 3.16. The van der Waals surface area contributed by atoms with E-state index in [0.29, 0.717) is 0 Å². The van der Waals surface area contributed by atoms with Crippen LogP contribution in [0.5, 0.6) is 0 Å². The molecule has 0 saturated heterocycles. The Bertz CT molecular complexity index is 70.1. The molecule has 4 nitrogen and oxygen atoms in total. The lowest BCUT2D eigenvalue weighted by Crippen LogP contribution is -2.09. The summed E-state index contributed by atoms with van der Waals surface area (Å²) in [5.41, 5.74) is 0. The molecule has 0 amide bonds. The maximum atomic E-state index is 9.47. The SMILES string of the molecule is CC(OC=O)OC=O. The van der Waals surface area contributed by atoms with E-state index >= 15 is 0 Å². The van der Waals surface area contributed by atoms with Crippen LogP contribution < -0.4 is 0 Å². The Morgan fingerprint density at radius 1 is 1.25 bits per heavy atom. The van der Waals surface area contributed by atoms with Crippen LogP contribution in [0.2, 0.25) is 0 Å². The van der Waals surface area contributed by atoms with Crippen molar-refractivity contribution in [2.45, 2.75) is 13.2 Å². The third-order valence-electron chi connectivity index (χ3n) is 0.494. The number of carbonyl (C=O) groups excluding carboxylic acids is 2. The molecule has 0 aromatic heterocycles.